The molecule has 1 aliphatic carbocycles. The summed E-state index contributed by atoms with van der Waals surface area (Å²) in [5, 5.41) is 6.93. The number of nitrogens with one attached hydrogen (secondary N) is 3. The van der Waals surface area contributed by atoms with Crippen LogP contribution in [0, 0.1) is 0 Å². The highest BCUT2D eigenvalue weighted by molar-refractivity contribution is 7.88. The summed E-state index contributed by atoms with van der Waals surface area (Å²) in [7, 11) is -1.72. The second-order valence-corrected chi connectivity index (χ2v) is 13.5. The number of halogens is 2. The summed E-state index contributed by atoms with van der Waals surface area (Å²) in [6.45, 7) is 0.290. The van der Waals surface area contributed by atoms with Crippen LogP contribution >= 0.6 is 23.2 Å². The van der Waals surface area contributed by atoms with Crippen molar-refractivity contribution in [1.82, 2.24) is 14.9 Å². The van der Waals surface area contributed by atoms with Gasteiger partial charge in [-0.1, -0.05) is 72.4 Å². The number of rotatable bonds is 8. The van der Waals surface area contributed by atoms with Gasteiger partial charge in [-0.25, -0.2) is 13.1 Å². The number of carbonyl (C=O) groups is 2. The van der Waals surface area contributed by atoms with E-state index in [0.29, 0.717) is 39.6 Å². The Hall–Kier alpha value is -3.11. The van der Waals surface area contributed by atoms with E-state index >= 15 is 0 Å². The first-order valence-corrected chi connectivity index (χ1v) is 16.6. The number of hydrogen-bond acceptors (Lipinski definition) is 5. The molecule has 0 spiro atoms. The summed E-state index contributed by atoms with van der Waals surface area (Å²) < 4.78 is 27.5. The fraction of sp³-hybridized carbons (Fsp3) is 0.355. The number of benzene rings is 3. The minimum Gasteiger partial charge on any atom is -0.388 e. The Labute approximate surface area is 256 Å². The predicted octanol–water partition coefficient (Wildman–Crippen LogP) is 5.49. The molecule has 0 saturated heterocycles. The van der Waals surface area contributed by atoms with Gasteiger partial charge >= 0.3 is 0 Å². The van der Waals surface area contributed by atoms with Crippen LogP contribution < -0.4 is 15.4 Å². The normalized spacial score (nSPS) is 22.4. The average molecular weight is 630 g/mol. The van der Waals surface area contributed by atoms with E-state index in [-0.39, 0.29) is 18.4 Å². The summed E-state index contributed by atoms with van der Waals surface area (Å²) >= 11 is 13.0. The van der Waals surface area contributed by atoms with E-state index in [0.717, 1.165) is 30.3 Å². The Morgan fingerprint density at radius 2 is 1.69 bits per heavy atom. The molecule has 2 amide bonds. The summed E-state index contributed by atoms with van der Waals surface area (Å²) in [5.74, 6) is -1.34. The number of anilines is 1. The quantitative estimate of drug-likeness (QED) is 0.306. The first-order valence-electron chi connectivity index (χ1n) is 14.0. The van der Waals surface area contributed by atoms with Gasteiger partial charge in [0.2, 0.25) is 15.9 Å². The van der Waals surface area contributed by atoms with Gasteiger partial charge < -0.3 is 15.5 Å². The molecule has 0 radical (unpaired) electrons. The zero-order chi connectivity index (χ0) is 30.0. The zero-order valence-corrected chi connectivity index (χ0v) is 25.8. The molecule has 222 valence electrons. The van der Waals surface area contributed by atoms with Gasteiger partial charge in [0, 0.05) is 47.0 Å². The van der Waals surface area contributed by atoms with Crippen molar-refractivity contribution in [3.8, 4) is 0 Å². The lowest BCUT2D eigenvalue weighted by molar-refractivity contribution is -0.124. The van der Waals surface area contributed by atoms with Crippen LogP contribution in [0.15, 0.2) is 66.7 Å². The molecule has 0 unspecified atom stereocenters. The molecule has 0 bridgehead atoms. The lowest BCUT2D eigenvalue weighted by atomic mass is 9.76. The number of carbonyl (C=O) groups excluding carboxylic acids is 2. The smallest absolute Gasteiger partial charge is 0.255 e. The van der Waals surface area contributed by atoms with Crippen molar-refractivity contribution >= 4 is 50.7 Å². The Kier molecular flexibility index (Phi) is 9.13. The van der Waals surface area contributed by atoms with Gasteiger partial charge in [0.15, 0.2) is 0 Å². The van der Waals surface area contributed by atoms with Gasteiger partial charge in [-0.15, -0.1) is 0 Å². The van der Waals surface area contributed by atoms with Crippen LogP contribution in [0.5, 0.6) is 0 Å². The lowest BCUT2D eigenvalue weighted by Gasteiger charge is -2.49. The van der Waals surface area contributed by atoms with E-state index in [9.17, 15) is 18.0 Å². The largest absolute Gasteiger partial charge is 0.388 e. The van der Waals surface area contributed by atoms with E-state index < -0.39 is 34.1 Å². The highest BCUT2D eigenvalue weighted by Gasteiger charge is 2.49. The predicted molar refractivity (Wildman–Crippen MR) is 166 cm³/mol. The third-order valence-electron chi connectivity index (χ3n) is 8.10. The first-order chi connectivity index (χ1) is 20.1. The third kappa shape index (κ3) is 6.44. The molecule has 1 heterocycles. The third-order valence-corrected chi connectivity index (χ3v) is 9.39. The number of nitrogens with zero attached hydrogens (tertiary/aromatic N) is 1. The van der Waals surface area contributed by atoms with Crippen LogP contribution in [0.3, 0.4) is 0 Å². The summed E-state index contributed by atoms with van der Waals surface area (Å²) in [6, 6.07) is 18.1. The van der Waals surface area contributed by atoms with Crippen molar-refractivity contribution in [3.63, 3.8) is 0 Å². The van der Waals surface area contributed by atoms with Crippen LogP contribution in [0.1, 0.15) is 64.7 Å². The molecule has 1 aliphatic heterocycles. The molecular formula is C31H34Cl2N4O4S. The van der Waals surface area contributed by atoms with Gasteiger partial charge in [-0.05, 0) is 59.9 Å². The van der Waals surface area contributed by atoms with E-state index in [1.54, 1.807) is 41.3 Å². The fourth-order valence-corrected chi connectivity index (χ4v) is 7.56. The van der Waals surface area contributed by atoms with Crippen LogP contribution in [0.2, 0.25) is 10.0 Å². The van der Waals surface area contributed by atoms with Crippen LogP contribution in [0.4, 0.5) is 5.69 Å². The Balaban J connectivity index is 1.62. The van der Waals surface area contributed by atoms with Crippen molar-refractivity contribution in [2.45, 2.75) is 56.3 Å². The molecule has 8 nitrogen and oxygen atoms in total. The molecular weight excluding hydrogens is 595 g/mol. The van der Waals surface area contributed by atoms with Crippen molar-refractivity contribution < 1.29 is 18.0 Å². The monoisotopic (exact) mass is 628 g/mol. The van der Waals surface area contributed by atoms with Gasteiger partial charge in [0.1, 0.15) is 0 Å². The van der Waals surface area contributed by atoms with E-state index in [1.165, 1.54) is 0 Å². The summed E-state index contributed by atoms with van der Waals surface area (Å²) in [6.07, 6.45) is 3.92. The lowest BCUT2D eigenvalue weighted by Crippen LogP contribution is -2.59. The van der Waals surface area contributed by atoms with E-state index in [1.807, 2.05) is 37.4 Å². The Bertz CT molecular complexity index is 1580. The maximum absolute atomic E-state index is 14.3. The Morgan fingerprint density at radius 1 is 0.976 bits per heavy atom. The van der Waals surface area contributed by atoms with E-state index in [2.05, 4.69) is 15.4 Å². The molecule has 3 aromatic rings. The number of hydrogen-bond donors (Lipinski definition) is 3. The van der Waals surface area contributed by atoms with Crippen LogP contribution in [-0.2, 0) is 21.4 Å². The average Bonchev–Trinajstić information content (AvgIpc) is 2.96. The van der Waals surface area contributed by atoms with E-state index in [4.69, 9.17) is 23.2 Å². The van der Waals surface area contributed by atoms with Crippen molar-refractivity contribution in [2.75, 3.05) is 18.6 Å². The molecule has 3 aromatic carbocycles. The topological polar surface area (TPSA) is 108 Å². The van der Waals surface area contributed by atoms with Crippen molar-refractivity contribution in [3.05, 3.63) is 99.0 Å². The molecule has 2 aliphatic rings. The summed E-state index contributed by atoms with van der Waals surface area (Å²) in [5.41, 5.74) is 3.47. The van der Waals surface area contributed by atoms with Gasteiger partial charge in [-0.3, -0.25) is 9.59 Å². The molecule has 1 saturated carbocycles. The maximum Gasteiger partial charge on any atom is 0.255 e. The standard InChI is InChI=1S/C31H34Cl2N4O4S/c1-34-21-14-11-19(12-15-21)18-35-30(38)28-22-7-3-4-8-23(22)31(39)37(29(28)24-16-13-20(32)17-25(24)33)27-10-6-5-9-26(27)36-42(2,40)41/h3-4,7-8,11-17,26-29,34,36H,5-6,9-10,18H2,1-2H3,(H,35,38)/t26-,27-,28+,29-/m0/s1. The molecule has 4 atom stereocenters. The van der Waals surface area contributed by atoms with Crippen LogP contribution in [-0.4, -0.2) is 50.5 Å². The fourth-order valence-electron chi connectivity index (χ4n) is 6.22. The molecule has 42 heavy (non-hydrogen) atoms. The van der Waals surface area contributed by atoms with Gasteiger partial charge in [0.05, 0.1) is 18.2 Å². The molecule has 3 N–H and O–H groups in total. The highest BCUT2D eigenvalue weighted by Crippen LogP contribution is 2.47. The molecule has 1 fully saturated rings. The SMILES string of the molecule is CNc1ccc(CNC(=O)[C@@H]2c3ccccc3C(=O)N([C@H]3CCCC[C@@H]3NS(C)(=O)=O)[C@H]2c2ccc(Cl)cc2Cl)cc1. The maximum atomic E-state index is 14.3. The van der Waals surface area contributed by atoms with Gasteiger partial charge in [-0.2, -0.15) is 0 Å². The second kappa shape index (κ2) is 12.6. The molecule has 11 heteroatoms. The minimum absolute atomic E-state index is 0.263. The number of amides is 2. The summed E-state index contributed by atoms with van der Waals surface area (Å²) in [4.78, 5) is 30.3. The first kappa shape index (κ1) is 30.4. The highest BCUT2D eigenvalue weighted by atomic mass is 35.5. The number of fused-ring (bicyclic) bond motifs is 1. The molecule has 0 aromatic heterocycles. The zero-order valence-electron chi connectivity index (χ0n) is 23.4. The van der Waals surface area contributed by atoms with Crippen LogP contribution in [0.25, 0.3) is 0 Å². The minimum atomic E-state index is -3.56. The molecule has 5 rings (SSSR count). The van der Waals surface area contributed by atoms with Crippen molar-refractivity contribution in [2.24, 2.45) is 0 Å². The van der Waals surface area contributed by atoms with Gasteiger partial charge in [0.25, 0.3) is 5.91 Å². The second-order valence-electron chi connectivity index (χ2n) is 10.9. The number of sulfonamides is 1. The Morgan fingerprint density at radius 3 is 2.38 bits per heavy atom. The van der Waals surface area contributed by atoms with Crippen molar-refractivity contribution in [1.29, 1.82) is 0 Å².